The van der Waals surface area contributed by atoms with Gasteiger partial charge in [0.15, 0.2) is 5.78 Å². The topological polar surface area (TPSA) is 46.0 Å². The fraction of sp³-hybridized carbons (Fsp3) is 0. The molecule has 1 N–H and O–H groups in total. The summed E-state index contributed by atoms with van der Waals surface area (Å²) in [7, 11) is 0. The molecule has 0 amide bonds. The Bertz CT molecular complexity index is 323. The summed E-state index contributed by atoms with van der Waals surface area (Å²) in [6.07, 6.45) is 6.30. The summed E-state index contributed by atoms with van der Waals surface area (Å²) in [6.45, 7) is 0. The average Bonchev–Trinajstić information content (AvgIpc) is 2.77. The van der Waals surface area contributed by atoms with Crippen LogP contribution in [0, 0.1) is 0 Å². The first-order valence-electron chi connectivity index (χ1n) is 3.57. The lowest BCUT2D eigenvalue weighted by Gasteiger charge is -1.89. The Morgan fingerprint density at radius 3 is 2.83 bits per heavy atom. The highest BCUT2D eigenvalue weighted by molar-refractivity contribution is 6.08. The molecule has 2 rings (SSSR count). The summed E-state index contributed by atoms with van der Waals surface area (Å²) in [6, 6.07) is 3.38. The van der Waals surface area contributed by atoms with E-state index in [9.17, 15) is 4.79 Å². The summed E-state index contributed by atoms with van der Waals surface area (Å²) in [4.78, 5) is 14.3. The van der Waals surface area contributed by atoms with E-state index in [1.165, 1.54) is 12.5 Å². The molecule has 0 aliphatic rings. The lowest BCUT2D eigenvalue weighted by Crippen LogP contribution is -1.96. The molecular weight excluding hydrogens is 154 g/mol. The molecule has 0 unspecified atom stereocenters. The van der Waals surface area contributed by atoms with Crippen LogP contribution in [0.15, 0.2) is 41.5 Å². The van der Waals surface area contributed by atoms with Gasteiger partial charge < -0.3 is 9.40 Å². The lowest BCUT2D eigenvalue weighted by molar-refractivity contribution is 0.103. The number of H-pyrrole nitrogens is 1. The van der Waals surface area contributed by atoms with Crippen LogP contribution in [0.5, 0.6) is 0 Å². The average molecular weight is 161 g/mol. The molecule has 3 heteroatoms. The summed E-state index contributed by atoms with van der Waals surface area (Å²) in [5.41, 5.74) is 1.23. The van der Waals surface area contributed by atoms with Gasteiger partial charge in [-0.05, 0) is 12.1 Å². The number of nitrogens with one attached hydrogen (secondary N) is 1. The molecule has 0 fully saturated rings. The number of carbonyl (C=O) groups excluding carboxylic acids is 1. The Kier molecular flexibility index (Phi) is 1.55. The molecule has 0 aromatic carbocycles. The van der Waals surface area contributed by atoms with Crippen molar-refractivity contribution in [3.63, 3.8) is 0 Å². The second-order valence-corrected chi connectivity index (χ2v) is 2.44. The number of ketones is 1. The molecule has 0 radical (unpaired) electrons. The van der Waals surface area contributed by atoms with Gasteiger partial charge in [0.2, 0.25) is 0 Å². The van der Waals surface area contributed by atoms with Gasteiger partial charge in [-0.2, -0.15) is 0 Å². The Balaban J connectivity index is 2.34. The summed E-state index contributed by atoms with van der Waals surface area (Å²) < 4.78 is 4.80. The van der Waals surface area contributed by atoms with E-state index in [2.05, 4.69) is 4.98 Å². The predicted octanol–water partition coefficient (Wildman–Crippen LogP) is 1.84. The third-order valence-corrected chi connectivity index (χ3v) is 1.64. The van der Waals surface area contributed by atoms with Gasteiger partial charge in [0, 0.05) is 18.0 Å². The zero-order valence-electron chi connectivity index (χ0n) is 6.28. The molecule has 0 aliphatic heterocycles. The first kappa shape index (κ1) is 6.91. The first-order chi connectivity index (χ1) is 5.88. The van der Waals surface area contributed by atoms with Crippen molar-refractivity contribution in [2.75, 3.05) is 0 Å². The maximum atomic E-state index is 11.5. The van der Waals surface area contributed by atoms with Crippen molar-refractivity contribution in [3.05, 3.63) is 48.2 Å². The van der Waals surface area contributed by atoms with Crippen molar-refractivity contribution in [2.24, 2.45) is 0 Å². The molecule has 0 atom stereocenters. The van der Waals surface area contributed by atoms with Crippen molar-refractivity contribution in [3.8, 4) is 0 Å². The third-order valence-electron chi connectivity index (χ3n) is 1.64. The fourth-order valence-electron chi connectivity index (χ4n) is 1.03. The number of furan rings is 1. The monoisotopic (exact) mass is 161 g/mol. The van der Waals surface area contributed by atoms with Crippen molar-refractivity contribution in [2.45, 2.75) is 0 Å². The quantitative estimate of drug-likeness (QED) is 0.683. The summed E-state index contributed by atoms with van der Waals surface area (Å²) in [5, 5.41) is 0. The Hall–Kier alpha value is -1.77. The fourth-order valence-corrected chi connectivity index (χ4v) is 1.03. The molecule has 60 valence electrons. The lowest BCUT2D eigenvalue weighted by atomic mass is 10.1. The highest BCUT2D eigenvalue weighted by Crippen LogP contribution is 2.08. The minimum Gasteiger partial charge on any atom is -0.472 e. The Labute approximate surface area is 69.0 Å². The second-order valence-electron chi connectivity index (χ2n) is 2.44. The van der Waals surface area contributed by atoms with Crippen molar-refractivity contribution in [1.29, 1.82) is 0 Å². The highest BCUT2D eigenvalue weighted by atomic mass is 16.3. The van der Waals surface area contributed by atoms with Crippen molar-refractivity contribution >= 4 is 5.78 Å². The molecule has 0 saturated carbocycles. The van der Waals surface area contributed by atoms with E-state index < -0.39 is 0 Å². The standard InChI is InChI=1S/C9H7NO2/c11-9(7-1-3-10-5-7)8-2-4-12-6-8/h1-6,10H. The molecule has 0 spiro atoms. The van der Waals surface area contributed by atoms with Crippen LogP contribution >= 0.6 is 0 Å². The van der Waals surface area contributed by atoms with Crippen LogP contribution in [0.25, 0.3) is 0 Å². The van der Waals surface area contributed by atoms with E-state index >= 15 is 0 Å². The van der Waals surface area contributed by atoms with Crippen molar-refractivity contribution in [1.82, 2.24) is 4.98 Å². The maximum absolute atomic E-state index is 11.5. The van der Waals surface area contributed by atoms with Gasteiger partial charge in [-0.15, -0.1) is 0 Å². The first-order valence-corrected chi connectivity index (χ1v) is 3.57. The Morgan fingerprint density at radius 2 is 2.25 bits per heavy atom. The molecule has 2 aromatic rings. The number of hydrogen-bond donors (Lipinski definition) is 1. The van der Waals surface area contributed by atoms with Gasteiger partial charge in [0.25, 0.3) is 0 Å². The smallest absolute Gasteiger partial charge is 0.197 e. The van der Waals surface area contributed by atoms with Crippen LogP contribution in [0.1, 0.15) is 15.9 Å². The molecule has 12 heavy (non-hydrogen) atoms. The normalized spacial score (nSPS) is 10.0. The van der Waals surface area contributed by atoms with E-state index in [0.717, 1.165) is 0 Å². The molecule has 2 heterocycles. The van der Waals surface area contributed by atoms with E-state index in [1.54, 1.807) is 24.5 Å². The number of hydrogen-bond acceptors (Lipinski definition) is 2. The number of aromatic amines is 1. The van der Waals surface area contributed by atoms with E-state index in [-0.39, 0.29) is 5.78 Å². The molecule has 2 aromatic heterocycles. The van der Waals surface area contributed by atoms with E-state index in [0.29, 0.717) is 11.1 Å². The molecule has 0 aliphatic carbocycles. The van der Waals surface area contributed by atoms with Crippen LogP contribution in [0.2, 0.25) is 0 Å². The SMILES string of the molecule is O=C(c1cc[nH]c1)c1ccoc1. The van der Waals surface area contributed by atoms with Gasteiger partial charge >= 0.3 is 0 Å². The zero-order valence-corrected chi connectivity index (χ0v) is 6.28. The Morgan fingerprint density at radius 1 is 1.33 bits per heavy atom. The highest BCUT2D eigenvalue weighted by Gasteiger charge is 2.09. The number of rotatable bonds is 2. The van der Waals surface area contributed by atoms with Crippen LogP contribution in [-0.4, -0.2) is 10.8 Å². The third kappa shape index (κ3) is 1.05. The van der Waals surface area contributed by atoms with Gasteiger partial charge in [-0.3, -0.25) is 4.79 Å². The molecule has 3 nitrogen and oxygen atoms in total. The summed E-state index contributed by atoms with van der Waals surface area (Å²) >= 11 is 0. The molecule has 0 bridgehead atoms. The number of carbonyl (C=O) groups is 1. The zero-order chi connectivity index (χ0) is 8.39. The largest absolute Gasteiger partial charge is 0.472 e. The van der Waals surface area contributed by atoms with Gasteiger partial charge in [-0.25, -0.2) is 0 Å². The van der Waals surface area contributed by atoms with E-state index in [1.807, 2.05) is 0 Å². The molecular formula is C9H7NO2. The van der Waals surface area contributed by atoms with Crippen molar-refractivity contribution < 1.29 is 9.21 Å². The second kappa shape index (κ2) is 2.70. The van der Waals surface area contributed by atoms with Gasteiger partial charge in [0.1, 0.15) is 6.26 Å². The maximum Gasteiger partial charge on any atom is 0.197 e. The van der Waals surface area contributed by atoms with E-state index in [4.69, 9.17) is 4.42 Å². The molecule has 0 saturated heterocycles. The minimum atomic E-state index is -0.0231. The van der Waals surface area contributed by atoms with Crippen LogP contribution in [0.4, 0.5) is 0 Å². The summed E-state index contributed by atoms with van der Waals surface area (Å²) in [5.74, 6) is -0.0231. The predicted molar refractivity (Wildman–Crippen MR) is 42.9 cm³/mol. The number of aromatic nitrogens is 1. The van der Waals surface area contributed by atoms with Gasteiger partial charge in [0.05, 0.1) is 11.8 Å². The van der Waals surface area contributed by atoms with Gasteiger partial charge in [-0.1, -0.05) is 0 Å². The minimum absolute atomic E-state index is 0.0231. The van der Waals surface area contributed by atoms with Crippen LogP contribution < -0.4 is 0 Å². The van der Waals surface area contributed by atoms with Crippen LogP contribution in [0.3, 0.4) is 0 Å². The van der Waals surface area contributed by atoms with Crippen LogP contribution in [-0.2, 0) is 0 Å².